The minimum atomic E-state index is -0.482. The van der Waals surface area contributed by atoms with E-state index in [4.69, 9.17) is 4.74 Å². The number of benzene rings is 2. The van der Waals surface area contributed by atoms with Crippen molar-refractivity contribution in [1.29, 1.82) is 0 Å². The lowest BCUT2D eigenvalue weighted by Gasteiger charge is -2.15. The van der Waals surface area contributed by atoms with Crippen LogP contribution in [0, 0.1) is 20.8 Å². The van der Waals surface area contributed by atoms with Gasteiger partial charge in [0.25, 0.3) is 5.91 Å². The lowest BCUT2D eigenvalue weighted by atomic mass is 10.0. The molecule has 0 fully saturated rings. The Morgan fingerprint density at radius 3 is 2.19 bits per heavy atom. The van der Waals surface area contributed by atoms with Gasteiger partial charge in [0.2, 0.25) is 11.8 Å². The van der Waals surface area contributed by atoms with Crippen molar-refractivity contribution in [1.82, 2.24) is 10.9 Å². The second-order valence-electron chi connectivity index (χ2n) is 7.93. The summed E-state index contributed by atoms with van der Waals surface area (Å²) >= 11 is 0. The second kappa shape index (κ2) is 11.2. The Hall–Kier alpha value is -3.35. The van der Waals surface area contributed by atoms with Gasteiger partial charge < -0.3 is 10.1 Å². The van der Waals surface area contributed by atoms with Gasteiger partial charge in [-0.3, -0.25) is 25.2 Å². The average Bonchev–Trinajstić information content (AvgIpc) is 2.71. The Labute approximate surface area is 183 Å². The summed E-state index contributed by atoms with van der Waals surface area (Å²) in [5.41, 5.74) is 9.56. The number of nitrogens with one attached hydrogen (secondary N) is 3. The van der Waals surface area contributed by atoms with Gasteiger partial charge in [-0.25, -0.2) is 0 Å². The number of hydrogen-bond donors (Lipinski definition) is 3. The van der Waals surface area contributed by atoms with Crippen LogP contribution in [0.2, 0.25) is 0 Å². The van der Waals surface area contributed by atoms with Crippen LogP contribution in [-0.4, -0.2) is 24.3 Å². The molecule has 0 radical (unpaired) electrons. The van der Waals surface area contributed by atoms with Crippen LogP contribution in [-0.2, 0) is 14.4 Å². The number of anilines is 1. The number of rotatable bonds is 8. The molecule has 0 aliphatic heterocycles. The normalized spacial score (nSPS) is 10.5. The Bertz CT molecular complexity index is 954. The summed E-state index contributed by atoms with van der Waals surface area (Å²) in [6.45, 7) is 9.79. The van der Waals surface area contributed by atoms with E-state index in [1.165, 1.54) is 0 Å². The molecular weight excluding hydrogens is 394 g/mol. The molecule has 0 aromatic heterocycles. The molecule has 7 nitrogen and oxygen atoms in total. The predicted molar refractivity (Wildman–Crippen MR) is 121 cm³/mol. The van der Waals surface area contributed by atoms with Crippen LogP contribution in [0.3, 0.4) is 0 Å². The van der Waals surface area contributed by atoms with E-state index in [9.17, 15) is 14.4 Å². The molecule has 0 atom stereocenters. The maximum atomic E-state index is 12.0. The van der Waals surface area contributed by atoms with Crippen LogP contribution in [0.4, 0.5) is 5.69 Å². The minimum absolute atomic E-state index is 0.00612. The van der Waals surface area contributed by atoms with Gasteiger partial charge in [-0.15, -0.1) is 0 Å². The summed E-state index contributed by atoms with van der Waals surface area (Å²) in [4.78, 5) is 35.9. The fourth-order valence-corrected chi connectivity index (χ4v) is 2.89. The van der Waals surface area contributed by atoms with E-state index in [2.05, 4.69) is 16.2 Å². The van der Waals surface area contributed by atoms with E-state index in [1.54, 1.807) is 0 Å². The monoisotopic (exact) mass is 425 g/mol. The standard InChI is InChI=1S/C24H31N3O4/c1-15(2)20-9-6-16(3)12-21(20)31-14-24(30)27-26-23(29)11-10-22(28)25-19-8-7-17(4)18(5)13-19/h6-9,12-13,15H,10-11,14H2,1-5H3,(H,25,28)(H,26,29)(H,27,30). The van der Waals surface area contributed by atoms with Crippen LogP contribution in [0.5, 0.6) is 5.75 Å². The molecule has 0 bridgehead atoms. The summed E-state index contributed by atoms with van der Waals surface area (Å²) in [5.74, 6) is -0.298. The number of carbonyl (C=O) groups excluding carboxylic acids is 3. The highest BCUT2D eigenvalue weighted by atomic mass is 16.5. The fraction of sp³-hybridized carbons (Fsp3) is 0.375. The van der Waals surface area contributed by atoms with Crippen molar-refractivity contribution in [3.8, 4) is 5.75 Å². The molecule has 3 N–H and O–H groups in total. The van der Waals surface area contributed by atoms with Crippen LogP contribution in [0.15, 0.2) is 36.4 Å². The number of aryl methyl sites for hydroxylation is 3. The molecule has 0 saturated heterocycles. The number of ether oxygens (including phenoxy) is 1. The van der Waals surface area contributed by atoms with E-state index >= 15 is 0 Å². The molecule has 0 aliphatic carbocycles. The van der Waals surface area contributed by atoms with E-state index in [-0.39, 0.29) is 31.3 Å². The molecule has 0 heterocycles. The smallest absolute Gasteiger partial charge is 0.276 e. The first-order valence-electron chi connectivity index (χ1n) is 10.3. The lowest BCUT2D eigenvalue weighted by molar-refractivity contribution is -0.130. The fourth-order valence-electron chi connectivity index (χ4n) is 2.89. The Balaban J connectivity index is 1.72. The van der Waals surface area contributed by atoms with Gasteiger partial charge in [0.05, 0.1) is 0 Å². The summed E-state index contributed by atoms with van der Waals surface area (Å²) in [6, 6.07) is 11.5. The molecular formula is C24H31N3O4. The van der Waals surface area contributed by atoms with Crippen molar-refractivity contribution < 1.29 is 19.1 Å². The van der Waals surface area contributed by atoms with Crippen molar-refractivity contribution in [3.63, 3.8) is 0 Å². The van der Waals surface area contributed by atoms with E-state index in [0.717, 1.165) is 22.3 Å². The molecule has 2 aromatic carbocycles. The SMILES string of the molecule is Cc1ccc(C(C)C)c(OCC(=O)NNC(=O)CCC(=O)Nc2ccc(C)c(C)c2)c1. The zero-order valence-corrected chi connectivity index (χ0v) is 18.8. The number of amides is 3. The molecule has 0 saturated carbocycles. The van der Waals surface area contributed by atoms with Crippen molar-refractivity contribution >= 4 is 23.4 Å². The van der Waals surface area contributed by atoms with E-state index < -0.39 is 11.8 Å². The van der Waals surface area contributed by atoms with Crippen molar-refractivity contribution in [2.24, 2.45) is 0 Å². The molecule has 2 aromatic rings. The molecule has 0 aliphatic rings. The summed E-state index contributed by atoms with van der Waals surface area (Å²) in [7, 11) is 0. The number of hydrazine groups is 1. The number of hydrogen-bond acceptors (Lipinski definition) is 4. The Morgan fingerprint density at radius 1 is 0.839 bits per heavy atom. The molecule has 0 spiro atoms. The first-order chi connectivity index (χ1) is 14.7. The third-order valence-corrected chi connectivity index (χ3v) is 4.86. The van der Waals surface area contributed by atoms with Gasteiger partial charge >= 0.3 is 0 Å². The number of carbonyl (C=O) groups is 3. The lowest BCUT2D eigenvalue weighted by Crippen LogP contribution is -2.44. The maximum Gasteiger partial charge on any atom is 0.276 e. The predicted octanol–water partition coefficient (Wildman–Crippen LogP) is 3.68. The molecule has 0 unspecified atom stereocenters. The zero-order valence-electron chi connectivity index (χ0n) is 18.8. The van der Waals surface area contributed by atoms with Crippen LogP contribution in [0.1, 0.15) is 54.9 Å². The van der Waals surface area contributed by atoms with Crippen molar-refractivity contribution in [2.75, 3.05) is 11.9 Å². The maximum absolute atomic E-state index is 12.0. The summed E-state index contributed by atoms with van der Waals surface area (Å²) < 4.78 is 5.63. The van der Waals surface area contributed by atoms with Gasteiger partial charge in [-0.1, -0.05) is 32.0 Å². The molecule has 3 amide bonds. The highest BCUT2D eigenvalue weighted by Crippen LogP contribution is 2.27. The Kier molecular flexibility index (Phi) is 8.61. The third kappa shape index (κ3) is 7.77. The molecule has 7 heteroatoms. The Morgan fingerprint density at radius 2 is 1.52 bits per heavy atom. The quantitative estimate of drug-likeness (QED) is 0.562. The topological polar surface area (TPSA) is 96.5 Å². The molecule has 2 rings (SSSR count). The van der Waals surface area contributed by atoms with E-state index in [1.807, 2.05) is 71.0 Å². The first kappa shape index (κ1) is 23.9. The summed E-state index contributed by atoms with van der Waals surface area (Å²) in [5, 5.41) is 2.76. The van der Waals surface area contributed by atoms with Gasteiger partial charge in [0.15, 0.2) is 6.61 Å². The molecule has 31 heavy (non-hydrogen) atoms. The minimum Gasteiger partial charge on any atom is -0.483 e. The average molecular weight is 426 g/mol. The van der Waals surface area contributed by atoms with Crippen LogP contribution >= 0.6 is 0 Å². The largest absolute Gasteiger partial charge is 0.483 e. The highest BCUT2D eigenvalue weighted by molar-refractivity contribution is 5.93. The zero-order chi connectivity index (χ0) is 23.0. The van der Waals surface area contributed by atoms with Gasteiger partial charge in [0, 0.05) is 18.5 Å². The first-order valence-corrected chi connectivity index (χ1v) is 10.3. The van der Waals surface area contributed by atoms with E-state index in [0.29, 0.717) is 11.4 Å². The third-order valence-electron chi connectivity index (χ3n) is 4.86. The molecule has 166 valence electrons. The van der Waals surface area contributed by atoms with Gasteiger partial charge in [-0.05, 0) is 67.1 Å². The van der Waals surface area contributed by atoms with Crippen LogP contribution < -0.4 is 20.9 Å². The van der Waals surface area contributed by atoms with Gasteiger partial charge in [-0.2, -0.15) is 0 Å². The van der Waals surface area contributed by atoms with Crippen LogP contribution in [0.25, 0.3) is 0 Å². The highest BCUT2D eigenvalue weighted by Gasteiger charge is 2.12. The van der Waals surface area contributed by atoms with Crippen molar-refractivity contribution in [2.45, 2.75) is 53.4 Å². The second-order valence-corrected chi connectivity index (χ2v) is 7.93. The summed E-state index contributed by atoms with van der Waals surface area (Å²) in [6.07, 6.45) is -0.0423. The van der Waals surface area contributed by atoms with Gasteiger partial charge in [0.1, 0.15) is 5.75 Å². The van der Waals surface area contributed by atoms with Crippen molar-refractivity contribution in [3.05, 3.63) is 58.7 Å².